The first-order valence-corrected chi connectivity index (χ1v) is 4.30. The molecule has 0 aromatic carbocycles. The zero-order valence-corrected chi connectivity index (χ0v) is 7.81. The second-order valence-corrected chi connectivity index (χ2v) is 4.48. The van der Waals surface area contributed by atoms with Crippen LogP contribution in [0.15, 0.2) is 0 Å². The van der Waals surface area contributed by atoms with Crippen LogP contribution in [0, 0.1) is 10.8 Å². The predicted molar refractivity (Wildman–Crippen MR) is 46.4 cm³/mol. The highest BCUT2D eigenvalue weighted by molar-refractivity contribution is 4.94. The Morgan fingerprint density at radius 2 is 2.00 bits per heavy atom. The molecule has 0 amide bonds. The van der Waals surface area contributed by atoms with E-state index in [0.29, 0.717) is 10.8 Å². The Morgan fingerprint density at radius 1 is 1.45 bits per heavy atom. The third-order valence-electron chi connectivity index (χ3n) is 3.24. The highest BCUT2D eigenvalue weighted by Crippen LogP contribution is 2.46. The Kier molecular flexibility index (Phi) is 2.26. The summed E-state index contributed by atoms with van der Waals surface area (Å²) in [6, 6.07) is 0. The van der Waals surface area contributed by atoms with E-state index in [0.717, 1.165) is 26.2 Å². The van der Waals surface area contributed by atoms with Gasteiger partial charge in [-0.15, -0.1) is 0 Å². The van der Waals surface area contributed by atoms with Crippen LogP contribution in [0.4, 0.5) is 0 Å². The van der Waals surface area contributed by atoms with Gasteiger partial charge in [-0.05, 0) is 18.4 Å². The van der Waals surface area contributed by atoms with E-state index in [1.807, 2.05) is 0 Å². The molecular weight excluding hydrogens is 138 g/mol. The van der Waals surface area contributed by atoms with Gasteiger partial charge in [-0.25, -0.2) is 0 Å². The molecule has 1 aliphatic rings. The van der Waals surface area contributed by atoms with Crippen molar-refractivity contribution < 1.29 is 4.74 Å². The van der Waals surface area contributed by atoms with E-state index in [2.05, 4.69) is 20.8 Å². The van der Waals surface area contributed by atoms with Gasteiger partial charge in [0.1, 0.15) is 0 Å². The van der Waals surface area contributed by atoms with Gasteiger partial charge in [0.25, 0.3) is 0 Å². The Balaban J connectivity index is 2.55. The highest BCUT2D eigenvalue weighted by atomic mass is 16.5. The van der Waals surface area contributed by atoms with Gasteiger partial charge < -0.3 is 10.5 Å². The Bertz CT molecular complexity index is 138. The van der Waals surface area contributed by atoms with Crippen molar-refractivity contribution in [3.63, 3.8) is 0 Å². The third kappa shape index (κ3) is 1.42. The first kappa shape index (κ1) is 9.01. The first-order chi connectivity index (χ1) is 5.02. The third-order valence-corrected chi connectivity index (χ3v) is 3.24. The molecule has 2 N–H and O–H groups in total. The van der Waals surface area contributed by atoms with Crippen molar-refractivity contribution in [2.75, 3.05) is 19.8 Å². The topological polar surface area (TPSA) is 35.2 Å². The predicted octanol–water partition coefficient (Wildman–Crippen LogP) is 1.40. The maximum atomic E-state index is 5.55. The molecule has 0 bridgehead atoms. The number of hydrogen-bond donors (Lipinski definition) is 1. The monoisotopic (exact) mass is 157 g/mol. The van der Waals surface area contributed by atoms with E-state index in [-0.39, 0.29) is 0 Å². The molecule has 66 valence electrons. The quantitative estimate of drug-likeness (QED) is 0.672. The van der Waals surface area contributed by atoms with Gasteiger partial charge >= 0.3 is 0 Å². The molecule has 1 saturated heterocycles. The second kappa shape index (κ2) is 2.76. The van der Waals surface area contributed by atoms with E-state index in [4.69, 9.17) is 10.5 Å². The minimum Gasteiger partial charge on any atom is -0.380 e. The molecule has 0 atom stereocenters. The van der Waals surface area contributed by atoms with Crippen LogP contribution in [-0.4, -0.2) is 19.8 Å². The van der Waals surface area contributed by atoms with Gasteiger partial charge in [0.05, 0.1) is 13.2 Å². The molecule has 0 spiro atoms. The summed E-state index contributed by atoms with van der Waals surface area (Å²) in [5, 5.41) is 0. The summed E-state index contributed by atoms with van der Waals surface area (Å²) >= 11 is 0. The molecule has 11 heavy (non-hydrogen) atoms. The smallest absolute Gasteiger partial charge is 0.0547 e. The Morgan fingerprint density at radius 3 is 2.27 bits per heavy atom. The van der Waals surface area contributed by atoms with E-state index in [9.17, 15) is 0 Å². The SMILES string of the molecule is CC(C)(CCN)C1(C)COC1. The minimum absolute atomic E-state index is 0.333. The molecule has 0 aromatic heterocycles. The molecule has 0 radical (unpaired) electrons. The summed E-state index contributed by atoms with van der Waals surface area (Å²) in [4.78, 5) is 0. The average Bonchev–Trinajstić information content (AvgIpc) is 1.82. The lowest BCUT2D eigenvalue weighted by atomic mass is 9.64. The lowest BCUT2D eigenvalue weighted by Gasteiger charge is -2.50. The van der Waals surface area contributed by atoms with E-state index >= 15 is 0 Å². The van der Waals surface area contributed by atoms with Gasteiger partial charge in [-0.1, -0.05) is 20.8 Å². The fourth-order valence-electron chi connectivity index (χ4n) is 1.46. The number of hydrogen-bond acceptors (Lipinski definition) is 2. The summed E-state index contributed by atoms with van der Waals surface area (Å²) < 4.78 is 5.23. The van der Waals surface area contributed by atoms with E-state index in [1.54, 1.807) is 0 Å². The average molecular weight is 157 g/mol. The molecule has 2 nitrogen and oxygen atoms in total. The van der Waals surface area contributed by atoms with Crippen LogP contribution in [0.5, 0.6) is 0 Å². The molecule has 0 unspecified atom stereocenters. The fraction of sp³-hybridized carbons (Fsp3) is 1.00. The Labute approximate surface area is 69.1 Å². The van der Waals surface area contributed by atoms with Gasteiger partial charge in [-0.2, -0.15) is 0 Å². The van der Waals surface area contributed by atoms with Gasteiger partial charge in [0.2, 0.25) is 0 Å². The summed E-state index contributed by atoms with van der Waals surface area (Å²) in [6.07, 6.45) is 1.09. The molecule has 0 saturated carbocycles. The van der Waals surface area contributed by atoms with Crippen molar-refractivity contribution in [2.24, 2.45) is 16.6 Å². The lowest BCUT2D eigenvalue weighted by Crippen LogP contribution is -2.51. The van der Waals surface area contributed by atoms with Crippen LogP contribution in [0.1, 0.15) is 27.2 Å². The zero-order valence-electron chi connectivity index (χ0n) is 7.81. The molecule has 1 aliphatic heterocycles. The Hall–Kier alpha value is -0.0800. The summed E-state index contributed by atoms with van der Waals surface area (Å²) in [6.45, 7) is 9.43. The molecule has 0 aliphatic carbocycles. The van der Waals surface area contributed by atoms with Crippen LogP contribution in [0.3, 0.4) is 0 Å². The maximum Gasteiger partial charge on any atom is 0.0547 e. The van der Waals surface area contributed by atoms with Crippen molar-refractivity contribution in [2.45, 2.75) is 27.2 Å². The number of rotatable bonds is 3. The van der Waals surface area contributed by atoms with Crippen LogP contribution in [0.2, 0.25) is 0 Å². The molecule has 0 aromatic rings. The van der Waals surface area contributed by atoms with Crippen LogP contribution < -0.4 is 5.73 Å². The highest BCUT2D eigenvalue weighted by Gasteiger charge is 2.46. The fourth-order valence-corrected chi connectivity index (χ4v) is 1.46. The van der Waals surface area contributed by atoms with Crippen molar-refractivity contribution in [1.82, 2.24) is 0 Å². The van der Waals surface area contributed by atoms with Gasteiger partial charge in [0.15, 0.2) is 0 Å². The lowest BCUT2D eigenvalue weighted by molar-refractivity contribution is -0.165. The largest absolute Gasteiger partial charge is 0.380 e. The van der Waals surface area contributed by atoms with Crippen molar-refractivity contribution in [3.8, 4) is 0 Å². The van der Waals surface area contributed by atoms with Gasteiger partial charge in [0, 0.05) is 5.41 Å². The first-order valence-electron chi connectivity index (χ1n) is 4.30. The van der Waals surface area contributed by atoms with Crippen LogP contribution in [0.25, 0.3) is 0 Å². The maximum absolute atomic E-state index is 5.55. The molecular formula is C9H19NO. The zero-order chi connectivity index (χ0) is 8.54. The van der Waals surface area contributed by atoms with Crippen molar-refractivity contribution in [3.05, 3.63) is 0 Å². The molecule has 2 heteroatoms. The summed E-state index contributed by atoms with van der Waals surface area (Å²) in [7, 11) is 0. The van der Waals surface area contributed by atoms with Crippen LogP contribution >= 0.6 is 0 Å². The molecule has 1 fully saturated rings. The summed E-state index contributed by atoms with van der Waals surface area (Å²) in [5.41, 5.74) is 6.25. The van der Waals surface area contributed by atoms with Crippen molar-refractivity contribution >= 4 is 0 Å². The molecule has 1 rings (SSSR count). The number of ether oxygens (including phenoxy) is 1. The number of nitrogens with two attached hydrogens (primary N) is 1. The normalized spacial score (nSPS) is 22.9. The van der Waals surface area contributed by atoms with Crippen LogP contribution in [-0.2, 0) is 4.74 Å². The van der Waals surface area contributed by atoms with E-state index < -0.39 is 0 Å². The van der Waals surface area contributed by atoms with Crippen molar-refractivity contribution in [1.29, 1.82) is 0 Å². The van der Waals surface area contributed by atoms with Gasteiger partial charge in [-0.3, -0.25) is 0 Å². The minimum atomic E-state index is 0.333. The standard InChI is InChI=1S/C9H19NO/c1-8(2,4-5-10)9(3)6-11-7-9/h4-7,10H2,1-3H3. The molecule has 1 heterocycles. The summed E-state index contributed by atoms with van der Waals surface area (Å²) in [5.74, 6) is 0. The van der Waals surface area contributed by atoms with E-state index in [1.165, 1.54) is 0 Å². The second-order valence-electron chi connectivity index (χ2n) is 4.48.